The molecule has 3 rings (SSSR count). The van der Waals surface area contributed by atoms with Gasteiger partial charge < -0.3 is 14.3 Å². The molecule has 9 heteroatoms. The molecule has 0 N–H and O–H groups in total. The van der Waals surface area contributed by atoms with Crippen LogP contribution < -0.4 is 5.11 Å². The van der Waals surface area contributed by atoms with Crippen LogP contribution in [0.15, 0.2) is 34.1 Å². The van der Waals surface area contributed by atoms with E-state index < -0.39 is 5.97 Å². The molecule has 0 atom stereocenters. The fourth-order valence-electron chi connectivity index (χ4n) is 1.89. The lowest BCUT2D eigenvalue weighted by atomic mass is 10.2. The van der Waals surface area contributed by atoms with Crippen LogP contribution in [0, 0.1) is 0 Å². The molecule has 0 saturated heterocycles. The maximum atomic E-state index is 10.9. The lowest BCUT2D eigenvalue weighted by Crippen LogP contribution is -2.24. The van der Waals surface area contributed by atoms with Gasteiger partial charge in [-0.1, -0.05) is 23.4 Å². The summed E-state index contributed by atoms with van der Waals surface area (Å²) >= 11 is 8.63. The first-order valence-electron chi connectivity index (χ1n) is 6.38. The van der Waals surface area contributed by atoms with Gasteiger partial charge in [0.2, 0.25) is 5.89 Å². The van der Waals surface area contributed by atoms with E-state index in [1.54, 1.807) is 24.5 Å². The maximum absolute atomic E-state index is 10.9. The number of aromatic nitrogens is 3. The minimum Gasteiger partial charge on any atom is -0.550 e. The number of rotatable bonds is 5. The largest absolute Gasteiger partial charge is 0.550 e. The third-order valence-electron chi connectivity index (χ3n) is 2.86. The zero-order chi connectivity index (χ0) is 16.4. The van der Waals surface area contributed by atoms with E-state index >= 15 is 0 Å². The minimum absolute atomic E-state index is 0.258. The van der Waals surface area contributed by atoms with Gasteiger partial charge in [-0.3, -0.25) is 0 Å². The molecule has 3 aromatic heterocycles. The van der Waals surface area contributed by atoms with Crippen molar-refractivity contribution in [2.24, 2.45) is 0 Å². The van der Waals surface area contributed by atoms with Gasteiger partial charge in [0.15, 0.2) is 10.9 Å². The lowest BCUT2D eigenvalue weighted by molar-refractivity contribution is -0.304. The third-order valence-corrected chi connectivity index (χ3v) is 4.67. The Morgan fingerprint density at radius 1 is 1.39 bits per heavy atom. The zero-order valence-corrected chi connectivity index (χ0v) is 14.2. The average molecular weight is 367 g/mol. The van der Waals surface area contributed by atoms with E-state index in [9.17, 15) is 9.90 Å². The highest BCUT2D eigenvalue weighted by Crippen LogP contribution is 2.36. The average Bonchev–Trinajstić information content (AvgIpc) is 3.13. The SMILES string of the molecule is CSc1ncc(-c2nc(CC(=O)[O-])c(-c3ccc(Cl)s3)o2)cn1. The van der Waals surface area contributed by atoms with Crippen molar-refractivity contribution in [3.63, 3.8) is 0 Å². The molecule has 0 amide bonds. The second-order valence-corrected chi connectivity index (χ2v) is 6.89. The van der Waals surface area contributed by atoms with Gasteiger partial charge in [0.05, 0.1) is 20.5 Å². The molecule has 0 spiro atoms. The second kappa shape index (κ2) is 6.69. The topological polar surface area (TPSA) is 91.9 Å². The molecule has 0 aliphatic carbocycles. The van der Waals surface area contributed by atoms with Gasteiger partial charge in [0.1, 0.15) is 0 Å². The number of carboxylic acids is 1. The predicted molar refractivity (Wildman–Crippen MR) is 86.3 cm³/mol. The molecule has 0 radical (unpaired) electrons. The summed E-state index contributed by atoms with van der Waals surface area (Å²) < 4.78 is 6.31. The van der Waals surface area contributed by atoms with Crippen molar-refractivity contribution in [3.8, 4) is 22.1 Å². The minimum atomic E-state index is -1.23. The van der Waals surface area contributed by atoms with Crippen LogP contribution >= 0.6 is 34.7 Å². The first-order chi connectivity index (χ1) is 11.1. The van der Waals surface area contributed by atoms with E-state index in [1.807, 2.05) is 6.26 Å². The number of oxazole rings is 1. The van der Waals surface area contributed by atoms with Crippen LogP contribution in [0.3, 0.4) is 0 Å². The van der Waals surface area contributed by atoms with Crippen LogP contribution in [0.25, 0.3) is 22.1 Å². The molecule has 118 valence electrons. The monoisotopic (exact) mass is 366 g/mol. The summed E-state index contributed by atoms with van der Waals surface area (Å²) in [6.45, 7) is 0. The molecule has 0 aromatic carbocycles. The van der Waals surface area contributed by atoms with Crippen molar-refractivity contribution < 1.29 is 14.3 Å². The normalized spacial score (nSPS) is 10.9. The van der Waals surface area contributed by atoms with E-state index in [1.165, 1.54) is 23.1 Å². The van der Waals surface area contributed by atoms with Crippen LogP contribution in [0.4, 0.5) is 0 Å². The van der Waals surface area contributed by atoms with Crippen molar-refractivity contribution in [2.75, 3.05) is 6.26 Å². The molecule has 0 unspecified atom stereocenters. The Morgan fingerprint density at radius 2 is 2.13 bits per heavy atom. The predicted octanol–water partition coefficient (Wildman–Crippen LogP) is 2.53. The van der Waals surface area contributed by atoms with Gasteiger partial charge in [0, 0.05) is 24.8 Å². The van der Waals surface area contributed by atoms with Crippen molar-refractivity contribution in [1.82, 2.24) is 15.0 Å². The molecule has 0 bridgehead atoms. The number of hydrogen-bond acceptors (Lipinski definition) is 8. The Balaban J connectivity index is 2.04. The third kappa shape index (κ3) is 3.54. The summed E-state index contributed by atoms with van der Waals surface area (Å²) in [6, 6.07) is 3.46. The number of aliphatic carboxylic acids is 1. The van der Waals surface area contributed by atoms with E-state index in [0.717, 1.165) is 0 Å². The fraction of sp³-hybridized carbons (Fsp3) is 0.143. The maximum Gasteiger partial charge on any atom is 0.230 e. The number of hydrogen-bond donors (Lipinski definition) is 0. The van der Waals surface area contributed by atoms with E-state index in [2.05, 4.69) is 15.0 Å². The Kier molecular flexibility index (Phi) is 4.65. The molecule has 0 aliphatic heterocycles. The fourth-order valence-corrected chi connectivity index (χ4v) is 3.26. The summed E-state index contributed by atoms with van der Waals surface area (Å²) in [6.07, 6.45) is 4.69. The molecule has 3 aromatic rings. The molecule has 0 aliphatic rings. The Morgan fingerprint density at radius 3 is 2.70 bits per heavy atom. The molecular formula is C14H9ClN3O3S2-. The Bertz CT molecular complexity index is 845. The van der Waals surface area contributed by atoms with Gasteiger partial charge in [-0.15, -0.1) is 11.3 Å². The van der Waals surface area contributed by atoms with Crippen molar-refractivity contribution in [3.05, 3.63) is 34.6 Å². The second-order valence-electron chi connectivity index (χ2n) is 4.41. The van der Waals surface area contributed by atoms with Crippen LogP contribution in [0.1, 0.15) is 5.69 Å². The zero-order valence-electron chi connectivity index (χ0n) is 11.8. The highest BCUT2D eigenvalue weighted by molar-refractivity contribution is 7.98. The van der Waals surface area contributed by atoms with Crippen molar-refractivity contribution in [1.29, 1.82) is 0 Å². The Labute approximate surface area is 144 Å². The molecular weight excluding hydrogens is 358 g/mol. The van der Waals surface area contributed by atoms with Gasteiger partial charge in [-0.2, -0.15) is 0 Å². The summed E-state index contributed by atoms with van der Waals surface area (Å²) in [4.78, 5) is 24.2. The molecule has 6 nitrogen and oxygen atoms in total. The van der Waals surface area contributed by atoms with Crippen LogP contribution in [-0.2, 0) is 11.2 Å². The smallest absolute Gasteiger partial charge is 0.230 e. The van der Waals surface area contributed by atoms with E-state index in [4.69, 9.17) is 16.0 Å². The van der Waals surface area contributed by atoms with Gasteiger partial charge in [-0.25, -0.2) is 15.0 Å². The number of carboxylic acid groups (broad SMARTS) is 1. The summed E-state index contributed by atoms with van der Waals surface area (Å²) in [5, 5.41) is 11.6. The Hall–Kier alpha value is -1.90. The standard InChI is InChI=1S/C14H10ClN3O3S2/c1-22-14-16-5-7(6-17-14)13-18-8(4-11(19)20)12(21-13)9-2-3-10(15)23-9/h2-3,5-6H,4H2,1H3,(H,19,20)/p-1. The van der Waals surface area contributed by atoms with E-state index in [0.29, 0.717) is 25.7 Å². The van der Waals surface area contributed by atoms with Crippen LogP contribution in [0.5, 0.6) is 0 Å². The summed E-state index contributed by atoms with van der Waals surface area (Å²) in [5.41, 5.74) is 0.851. The molecule has 0 fully saturated rings. The number of nitrogens with zero attached hydrogens (tertiary/aromatic N) is 3. The lowest BCUT2D eigenvalue weighted by Gasteiger charge is -1.99. The number of carbonyl (C=O) groups is 1. The quantitative estimate of drug-likeness (QED) is 0.506. The van der Waals surface area contributed by atoms with Crippen molar-refractivity contribution >= 4 is 40.7 Å². The molecule has 0 saturated carbocycles. The van der Waals surface area contributed by atoms with Crippen molar-refractivity contribution in [2.45, 2.75) is 11.6 Å². The number of thiophene rings is 1. The first-order valence-corrected chi connectivity index (χ1v) is 8.80. The summed E-state index contributed by atoms with van der Waals surface area (Å²) in [7, 11) is 0. The van der Waals surface area contributed by atoms with Gasteiger partial charge in [-0.05, 0) is 18.4 Å². The number of thioether (sulfide) groups is 1. The van der Waals surface area contributed by atoms with Crippen LogP contribution in [0.2, 0.25) is 4.34 Å². The van der Waals surface area contributed by atoms with E-state index in [-0.39, 0.29) is 18.0 Å². The van der Waals surface area contributed by atoms with Gasteiger partial charge in [0.25, 0.3) is 0 Å². The first kappa shape index (κ1) is 16.0. The summed E-state index contributed by atoms with van der Waals surface area (Å²) in [5.74, 6) is -0.605. The molecule has 23 heavy (non-hydrogen) atoms. The molecule has 3 heterocycles. The highest BCUT2D eigenvalue weighted by Gasteiger charge is 2.18. The van der Waals surface area contributed by atoms with Crippen LogP contribution in [-0.4, -0.2) is 27.2 Å². The van der Waals surface area contributed by atoms with Gasteiger partial charge >= 0.3 is 0 Å². The highest BCUT2D eigenvalue weighted by atomic mass is 35.5. The number of halogens is 1. The number of carbonyl (C=O) groups excluding carboxylic acids is 1.